The molecule has 2 nitrogen and oxygen atoms in total. The van der Waals surface area contributed by atoms with E-state index in [4.69, 9.17) is 0 Å². The van der Waals surface area contributed by atoms with Crippen LogP contribution in [0.15, 0.2) is 113 Å². The monoisotopic (exact) mass is 453 g/mol. The fraction of sp³-hybridized carbons (Fsp3) is 0.115. The average molecular weight is 453 g/mol. The first-order valence-electron chi connectivity index (χ1n) is 9.60. The van der Waals surface area contributed by atoms with Gasteiger partial charge < -0.3 is 0 Å². The van der Waals surface area contributed by atoms with Crippen LogP contribution in [0.2, 0.25) is 5.82 Å². The third-order valence-electron chi connectivity index (χ3n) is 4.97. The van der Waals surface area contributed by atoms with Crippen LogP contribution in [0.25, 0.3) is 0 Å². The maximum absolute atomic E-state index is 12.3. The predicted octanol–water partition coefficient (Wildman–Crippen LogP) is 4.94. The van der Waals surface area contributed by atoms with E-state index in [1.807, 2.05) is 78.8 Å². The molecule has 0 radical (unpaired) electrons. The topological polar surface area (TPSA) is 34.1 Å². The second-order valence-corrected chi connectivity index (χ2v) is 11.2. The molecule has 30 heavy (non-hydrogen) atoms. The number of rotatable bonds is 4. The van der Waals surface area contributed by atoms with Crippen molar-refractivity contribution >= 4 is 29.1 Å². The van der Waals surface area contributed by atoms with Crippen molar-refractivity contribution in [2.75, 3.05) is 0 Å². The van der Waals surface area contributed by atoms with E-state index in [0.717, 1.165) is 25.6 Å². The quantitative estimate of drug-likeness (QED) is 0.374. The Kier molecular flexibility index (Phi) is 8.06. The van der Waals surface area contributed by atoms with Crippen LogP contribution in [-0.4, -0.2) is 17.3 Å². The predicted molar refractivity (Wildman–Crippen MR) is 124 cm³/mol. The van der Waals surface area contributed by atoms with Crippen molar-refractivity contribution in [3.8, 4) is 0 Å². The molecule has 0 aromatic heterocycles. The van der Waals surface area contributed by atoms with E-state index in [0.29, 0.717) is 5.57 Å². The second-order valence-electron chi connectivity index (χ2n) is 6.67. The van der Waals surface area contributed by atoms with Crippen molar-refractivity contribution < 1.29 is 24.5 Å². The Labute approximate surface area is 184 Å². The molecule has 0 aliphatic heterocycles. The van der Waals surface area contributed by atoms with Gasteiger partial charge in [-0.15, -0.1) is 0 Å². The first kappa shape index (κ1) is 22.1. The van der Waals surface area contributed by atoms with Gasteiger partial charge in [0.1, 0.15) is 11.6 Å². The second kappa shape index (κ2) is 11.0. The molecule has 2 aliphatic carbocycles. The van der Waals surface area contributed by atoms with Crippen LogP contribution < -0.4 is 10.6 Å². The van der Waals surface area contributed by atoms with Crippen LogP contribution in [0.4, 0.5) is 0 Å². The molecule has 0 spiro atoms. The fourth-order valence-corrected chi connectivity index (χ4v) is 7.64. The van der Waals surface area contributed by atoms with E-state index in [2.05, 4.69) is 29.7 Å². The summed E-state index contributed by atoms with van der Waals surface area (Å²) in [5.41, 5.74) is 2.53. The number of hydrogen-bond acceptors (Lipinski definition) is 2. The molecular weight excluding hydrogens is 430 g/mol. The van der Waals surface area contributed by atoms with Gasteiger partial charge in [-0.05, 0) is 16.7 Å². The Hall–Kier alpha value is -2.62. The van der Waals surface area contributed by atoms with Crippen LogP contribution in [-0.2, 0) is 24.5 Å². The van der Waals surface area contributed by atoms with E-state index >= 15 is 0 Å². The van der Waals surface area contributed by atoms with Crippen molar-refractivity contribution in [2.45, 2.75) is 17.9 Å². The van der Waals surface area contributed by atoms with E-state index in [-0.39, 0.29) is 5.66 Å². The van der Waals surface area contributed by atoms with Crippen molar-refractivity contribution in [1.82, 2.24) is 0 Å². The van der Waals surface area contributed by atoms with Gasteiger partial charge in [0.2, 0.25) is 0 Å². The van der Waals surface area contributed by atoms with Gasteiger partial charge in [-0.2, -0.15) is 0 Å². The van der Waals surface area contributed by atoms with Gasteiger partial charge in [-0.3, -0.25) is 0 Å². The minimum absolute atomic E-state index is 0.327. The molecule has 2 aromatic rings. The van der Waals surface area contributed by atoms with E-state index in [1.165, 1.54) is 6.42 Å². The molecule has 0 fully saturated rings. The summed E-state index contributed by atoms with van der Waals surface area (Å²) in [5.74, 6) is 4.24. The van der Waals surface area contributed by atoms with Gasteiger partial charge in [-0.25, -0.2) is 9.59 Å². The van der Waals surface area contributed by atoms with Crippen molar-refractivity contribution in [2.24, 2.45) is 0 Å². The zero-order valence-corrected chi connectivity index (χ0v) is 18.8. The van der Waals surface area contributed by atoms with Crippen molar-refractivity contribution in [3.63, 3.8) is 0 Å². The van der Waals surface area contributed by atoms with Gasteiger partial charge in [0, 0.05) is 12.5 Å². The van der Waals surface area contributed by atoms with Crippen LogP contribution in [0.1, 0.15) is 6.42 Å². The molecule has 4 rings (SSSR count). The normalized spacial score (nSPS) is 16.9. The molecular formula is C26H23MnO2P. The minimum atomic E-state index is -2.57. The van der Waals surface area contributed by atoms with Gasteiger partial charge in [0.25, 0.3) is 0 Å². The molecule has 2 aliphatic rings. The van der Waals surface area contributed by atoms with E-state index in [9.17, 15) is 9.59 Å². The molecule has 0 saturated carbocycles. The van der Waals surface area contributed by atoms with Gasteiger partial charge >= 0.3 is 49.9 Å². The summed E-state index contributed by atoms with van der Waals surface area (Å²) in [5, 5.41) is 1.83. The molecule has 0 N–H and O–H groups in total. The van der Waals surface area contributed by atoms with Gasteiger partial charge in [0.05, 0.1) is 5.66 Å². The number of allylic oxidation sites excluding steroid dienone is 9. The summed E-state index contributed by atoms with van der Waals surface area (Å²) < 4.78 is 1.59. The standard InChI is InChI=1S/C20H15O2P.C5H5.CH3.Mn/c21-15-17-9-7-8-14-20(17)23(16-22,18-10-3-1-4-11-18)19-12-5-2-6-13-19;1-2-4-5-3-1;;/h1-14,20H;1-3H,4H2;1H3;. The van der Waals surface area contributed by atoms with Crippen LogP contribution >= 0.6 is 6.89 Å². The molecule has 0 heterocycles. The summed E-state index contributed by atoms with van der Waals surface area (Å²) in [4.78, 5) is 23.7. The number of benzene rings is 2. The number of carbonyl (C=O) groups excluding carboxylic acids is 2. The summed E-state index contributed by atoms with van der Waals surface area (Å²) in [7, 11) is 0. The zero-order valence-electron chi connectivity index (χ0n) is 16.7. The molecule has 4 heteroatoms. The molecule has 0 saturated heterocycles. The third-order valence-corrected chi connectivity index (χ3v) is 9.97. The van der Waals surface area contributed by atoms with Gasteiger partial charge in [0.15, 0.2) is 0 Å². The van der Waals surface area contributed by atoms with E-state index < -0.39 is 6.89 Å². The summed E-state index contributed by atoms with van der Waals surface area (Å²) in [6.45, 7) is -2.57. The Balaban J connectivity index is 0.000000310. The summed E-state index contributed by atoms with van der Waals surface area (Å²) in [6, 6.07) is 19.3. The Bertz CT molecular complexity index is 1070. The first-order valence-corrected chi connectivity index (χ1v) is 13.2. The van der Waals surface area contributed by atoms with Gasteiger partial charge in [-0.1, -0.05) is 78.9 Å². The molecule has 1 atom stereocenters. The van der Waals surface area contributed by atoms with Crippen molar-refractivity contribution in [3.05, 3.63) is 113 Å². The van der Waals surface area contributed by atoms with Crippen LogP contribution in [0.3, 0.4) is 0 Å². The SMILES string of the molecule is O=C=C1C=CC=CC1P(=C=O)(c1ccccc1)c1ccccc1.[CH3][Mn][C]1=CC=CC1. The zero-order chi connectivity index (χ0) is 21.2. The summed E-state index contributed by atoms with van der Waals surface area (Å²) in [6.07, 6.45) is 15.1. The Morgan fingerprint density at radius 3 is 1.97 bits per heavy atom. The first-order chi connectivity index (χ1) is 14.8. The van der Waals surface area contributed by atoms with E-state index in [1.54, 1.807) is 16.6 Å². The fourth-order valence-electron chi connectivity index (χ4n) is 3.48. The molecule has 1 unspecified atom stereocenters. The summed E-state index contributed by atoms with van der Waals surface area (Å²) >= 11 is 0.984. The van der Waals surface area contributed by atoms with Crippen LogP contribution in [0.5, 0.6) is 0 Å². The van der Waals surface area contributed by atoms with Crippen LogP contribution in [0, 0.1) is 0 Å². The maximum atomic E-state index is 12.3. The number of hydrogen-bond donors (Lipinski definition) is 0. The Morgan fingerprint density at radius 2 is 1.53 bits per heavy atom. The third kappa shape index (κ3) is 4.75. The molecule has 0 bridgehead atoms. The average Bonchev–Trinajstić information content (AvgIpc) is 3.36. The molecule has 0 amide bonds. The molecule has 151 valence electrons. The molecule has 2 aromatic carbocycles. The van der Waals surface area contributed by atoms with Crippen molar-refractivity contribution in [1.29, 1.82) is 0 Å². The Morgan fingerprint density at radius 1 is 0.900 bits per heavy atom.